The summed E-state index contributed by atoms with van der Waals surface area (Å²) in [5, 5.41) is 6.39. The Balaban J connectivity index is 1.76. The highest BCUT2D eigenvalue weighted by Crippen LogP contribution is 2.27. The molecule has 2 nitrogen and oxygen atoms in total. The Bertz CT molecular complexity index is 565. The van der Waals surface area contributed by atoms with Crippen molar-refractivity contribution in [2.45, 2.75) is 25.8 Å². The van der Waals surface area contributed by atoms with Crippen molar-refractivity contribution in [1.82, 2.24) is 4.90 Å². The smallest absolute Gasteiger partial charge is 0.0422 e. The highest BCUT2D eigenvalue weighted by Gasteiger charge is 2.22. The van der Waals surface area contributed by atoms with Gasteiger partial charge >= 0.3 is 0 Å². The Kier molecular flexibility index (Phi) is 3.93. The van der Waals surface area contributed by atoms with Gasteiger partial charge in [-0.15, -0.1) is 0 Å². The topological polar surface area (TPSA) is 15.3 Å². The lowest BCUT2D eigenvalue weighted by Gasteiger charge is -2.33. The summed E-state index contributed by atoms with van der Waals surface area (Å²) in [5.74, 6) is 0.783. The van der Waals surface area contributed by atoms with Crippen LogP contribution in [0.2, 0.25) is 0 Å². The zero-order chi connectivity index (χ0) is 13.9. The molecule has 0 bridgehead atoms. The zero-order valence-corrected chi connectivity index (χ0v) is 12.5. The van der Waals surface area contributed by atoms with Crippen LogP contribution in [0.5, 0.6) is 0 Å². The molecular formula is C18H24N2. The molecule has 0 saturated carbocycles. The van der Waals surface area contributed by atoms with Crippen LogP contribution in [0.1, 0.15) is 19.8 Å². The van der Waals surface area contributed by atoms with Crippen LogP contribution in [-0.4, -0.2) is 31.1 Å². The number of piperidine rings is 1. The summed E-state index contributed by atoms with van der Waals surface area (Å²) in [6.07, 6.45) is 2.60. The van der Waals surface area contributed by atoms with Crippen molar-refractivity contribution in [1.29, 1.82) is 0 Å². The average molecular weight is 268 g/mol. The highest BCUT2D eigenvalue weighted by atomic mass is 15.1. The molecule has 2 heteroatoms. The van der Waals surface area contributed by atoms with Crippen molar-refractivity contribution >= 4 is 16.5 Å². The Morgan fingerprint density at radius 3 is 2.55 bits per heavy atom. The van der Waals surface area contributed by atoms with Gasteiger partial charge in [0.2, 0.25) is 0 Å². The molecule has 1 saturated heterocycles. The number of fused-ring (bicyclic) bond motifs is 1. The van der Waals surface area contributed by atoms with Gasteiger partial charge in [-0.1, -0.05) is 36.4 Å². The summed E-state index contributed by atoms with van der Waals surface area (Å²) in [7, 11) is 2.22. The second-order valence-corrected chi connectivity index (χ2v) is 6.10. The normalized spacial score (nSPS) is 19.1. The van der Waals surface area contributed by atoms with Gasteiger partial charge in [0.25, 0.3) is 0 Å². The number of hydrogen-bond acceptors (Lipinski definition) is 2. The van der Waals surface area contributed by atoms with Gasteiger partial charge in [0, 0.05) is 17.1 Å². The Morgan fingerprint density at radius 2 is 1.75 bits per heavy atom. The van der Waals surface area contributed by atoms with E-state index >= 15 is 0 Å². The third-order valence-electron chi connectivity index (χ3n) is 4.64. The van der Waals surface area contributed by atoms with Gasteiger partial charge in [-0.3, -0.25) is 0 Å². The SMILES string of the molecule is CC(Nc1cccc2ccccc12)C1CCN(C)CC1. The van der Waals surface area contributed by atoms with E-state index in [-0.39, 0.29) is 0 Å². The van der Waals surface area contributed by atoms with Crippen molar-refractivity contribution in [3.63, 3.8) is 0 Å². The summed E-state index contributed by atoms with van der Waals surface area (Å²) in [6.45, 7) is 4.79. The molecular weight excluding hydrogens is 244 g/mol. The minimum Gasteiger partial charge on any atom is -0.382 e. The third kappa shape index (κ3) is 2.80. The van der Waals surface area contributed by atoms with Gasteiger partial charge in [-0.25, -0.2) is 0 Å². The monoisotopic (exact) mass is 268 g/mol. The Hall–Kier alpha value is -1.54. The molecule has 0 amide bonds. The van der Waals surface area contributed by atoms with Crippen molar-refractivity contribution < 1.29 is 0 Å². The number of hydrogen-bond donors (Lipinski definition) is 1. The summed E-state index contributed by atoms with van der Waals surface area (Å²) < 4.78 is 0. The predicted octanol–water partition coefficient (Wildman–Crippen LogP) is 3.98. The van der Waals surface area contributed by atoms with E-state index in [0.717, 1.165) is 5.92 Å². The fraction of sp³-hybridized carbons (Fsp3) is 0.444. The molecule has 20 heavy (non-hydrogen) atoms. The molecule has 0 aliphatic carbocycles. The fourth-order valence-corrected chi connectivity index (χ4v) is 3.24. The molecule has 1 unspecified atom stereocenters. The molecule has 0 aromatic heterocycles. The summed E-state index contributed by atoms with van der Waals surface area (Å²) in [5.41, 5.74) is 1.27. The molecule has 1 aliphatic rings. The van der Waals surface area contributed by atoms with Gasteiger partial charge in [-0.2, -0.15) is 0 Å². The van der Waals surface area contributed by atoms with Gasteiger partial charge in [0.05, 0.1) is 0 Å². The number of likely N-dealkylation sites (tertiary alicyclic amines) is 1. The van der Waals surface area contributed by atoms with Crippen LogP contribution in [0.3, 0.4) is 0 Å². The molecule has 1 fully saturated rings. The van der Waals surface area contributed by atoms with Crippen LogP contribution in [0.15, 0.2) is 42.5 Å². The first kappa shape index (κ1) is 13.4. The summed E-state index contributed by atoms with van der Waals surface area (Å²) in [6, 6.07) is 15.7. The maximum Gasteiger partial charge on any atom is 0.0422 e. The number of benzene rings is 2. The first-order valence-corrected chi connectivity index (χ1v) is 7.67. The van der Waals surface area contributed by atoms with E-state index in [9.17, 15) is 0 Å². The van der Waals surface area contributed by atoms with Crippen LogP contribution in [0.4, 0.5) is 5.69 Å². The average Bonchev–Trinajstić information content (AvgIpc) is 2.48. The molecule has 1 heterocycles. The van der Waals surface area contributed by atoms with Crippen molar-refractivity contribution in [2.75, 3.05) is 25.5 Å². The molecule has 1 atom stereocenters. The highest BCUT2D eigenvalue weighted by molar-refractivity contribution is 5.93. The van der Waals surface area contributed by atoms with Crippen LogP contribution >= 0.6 is 0 Å². The largest absolute Gasteiger partial charge is 0.382 e. The van der Waals surface area contributed by atoms with Crippen molar-refractivity contribution in [3.05, 3.63) is 42.5 Å². The van der Waals surface area contributed by atoms with E-state index in [0.29, 0.717) is 6.04 Å². The number of nitrogens with one attached hydrogen (secondary N) is 1. The van der Waals surface area contributed by atoms with Gasteiger partial charge < -0.3 is 10.2 Å². The molecule has 1 N–H and O–H groups in total. The van der Waals surface area contributed by atoms with Crippen molar-refractivity contribution in [3.8, 4) is 0 Å². The Morgan fingerprint density at radius 1 is 1.05 bits per heavy atom. The second-order valence-electron chi connectivity index (χ2n) is 6.10. The van der Waals surface area contributed by atoms with Crippen LogP contribution in [0.25, 0.3) is 10.8 Å². The van der Waals surface area contributed by atoms with Gasteiger partial charge in [-0.05, 0) is 57.3 Å². The lowest BCUT2D eigenvalue weighted by atomic mass is 9.90. The molecule has 0 radical (unpaired) electrons. The second kappa shape index (κ2) is 5.84. The summed E-state index contributed by atoms with van der Waals surface area (Å²) in [4.78, 5) is 2.43. The van der Waals surface area contributed by atoms with Crippen molar-refractivity contribution in [2.24, 2.45) is 5.92 Å². The molecule has 106 valence electrons. The maximum atomic E-state index is 3.75. The predicted molar refractivity (Wildman–Crippen MR) is 87.3 cm³/mol. The molecule has 3 rings (SSSR count). The van der Waals surface area contributed by atoms with E-state index in [4.69, 9.17) is 0 Å². The van der Waals surface area contributed by atoms with Gasteiger partial charge in [0.15, 0.2) is 0 Å². The Labute approximate surface area is 121 Å². The number of nitrogens with zero attached hydrogens (tertiary/aromatic N) is 1. The number of rotatable bonds is 3. The van der Waals surface area contributed by atoms with E-state index in [1.807, 2.05) is 0 Å². The van der Waals surface area contributed by atoms with Gasteiger partial charge in [0.1, 0.15) is 0 Å². The lowest BCUT2D eigenvalue weighted by Crippen LogP contribution is -2.37. The van der Waals surface area contributed by atoms with Crippen LogP contribution < -0.4 is 5.32 Å². The fourth-order valence-electron chi connectivity index (χ4n) is 3.24. The van der Waals surface area contributed by atoms with E-state index < -0.39 is 0 Å². The standard InChI is InChI=1S/C18H24N2/c1-14(15-10-12-20(2)13-11-15)19-18-9-5-7-16-6-3-4-8-17(16)18/h3-9,14-15,19H,10-13H2,1-2H3. The first-order chi connectivity index (χ1) is 9.74. The quantitative estimate of drug-likeness (QED) is 0.905. The molecule has 2 aromatic carbocycles. The van der Waals surface area contributed by atoms with Crippen LogP contribution in [-0.2, 0) is 0 Å². The third-order valence-corrected chi connectivity index (χ3v) is 4.64. The first-order valence-electron chi connectivity index (χ1n) is 7.67. The molecule has 2 aromatic rings. The van der Waals surface area contributed by atoms with E-state index in [2.05, 4.69) is 66.7 Å². The minimum absolute atomic E-state index is 0.537. The van der Waals surface area contributed by atoms with Crippen LogP contribution in [0, 0.1) is 5.92 Å². The maximum absolute atomic E-state index is 3.75. The van der Waals surface area contributed by atoms with E-state index in [1.54, 1.807) is 0 Å². The number of anilines is 1. The minimum atomic E-state index is 0.537. The molecule has 0 spiro atoms. The molecule has 1 aliphatic heterocycles. The zero-order valence-electron chi connectivity index (χ0n) is 12.5. The summed E-state index contributed by atoms with van der Waals surface area (Å²) >= 11 is 0. The lowest BCUT2D eigenvalue weighted by molar-refractivity contribution is 0.208. The van der Waals surface area contributed by atoms with E-state index in [1.165, 1.54) is 42.4 Å².